The fraction of sp³-hybridized carbons (Fsp3) is 0.222. The van der Waals surface area contributed by atoms with Crippen molar-refractivity contribution < 1.29 is 13.5 Å². The summed E-state index contributed by atoms with van der Waals surface area (Å²) in [5.74, 6) is -0.0102. The van der Waals surface area contributed by atoms with Gasteiger partial charge in [0.05, 0.1) is 10.6 Å². The van der Waals surface area contributed by atoms with Crippen molar-refractivity contribution in [2.75, 3.05) is 0 Å². The third-order valence-corrected chi connectivity index (χ3v) is 1.91. The SMILES string of the molecule is Cc1cc(C#N)c(Cl)cc1OC(F)F. The van der Waals surface area contributed by atoms with Gasteiger partial charge in [0.15, 0.2) is 0 Å². The Morgan fingerprint density at radius 3 is 2.64 bits per heavy atom. The first-order valence-electron chi connectivity index (χ1n) is 3.69. The topological polar surface area (TPSA) is 33.0 Å². The number of hydrogen-bond donors (Lipinski definition) is 0. The third-order valence-electron chi connectivity index (χ3n) is 1.60. The van der Waals surface area contributed by atoms with Gasteiger partial charge in [-0.3, -0.25) is 0 Å². The summed E-state index contributed by atoms with van der Waals surface area (Å²) in [6.45, 7) is -1.33. The molecule has 0 radical (unpaired) electrons. The lowest BCUT2D eigenvalue weighted by atomic mass is 10.1. The lowest BCUT2D eigenvalue weighted by molar-refractivity contribution is -0.0502. The second kappa shape index (κ2) is 4.25. The smallest absolute Gasteiger partial charge is 0.387 e. The molecule has 0 heterocycles. The van der Waals surface area contributed by atoms with Gasteiger partial charge in [0.1, 0.15) is 11.8 Å². The molecule has 0 spiro atoms. The number of nitriles is 1. The van der Waals surface area contributed by atoms with Gasteiger partial charge in [0, 0.05) is 6.07 Å². The molecule has 1 aromatic carbocycles. The van der Waals surface area contributed by atoms with E-state index >= 15 is 0 Å². The van der Waals surface area contributed by atoms with E-state index in [0.29, 0.717) is 5.56 Å². The highest BCUT2D eigenvalue weighted by molar-refractivity contribution is 6.31. The van der Waals surface area contributed by atoms with Crippen molar-refractivity contribution in [3.8, 4) is 11.8 Å². The maximum absolute atomic E-state index is 11.9. The zero-order valence-corrected chi connectivity index (χ0v) is 7.98. The molecule has 74 valence electrons. The van der Waals surface area contributed by atoms with Crippen LogP contribution < -0.4 is 4.74 Å². The summed E-state index contributed by atoms with van der Waals surface area (Å²) in [5.41, 5.74) is 0.692. The monoisotopic (exact) mass is 217 g/mol. The number of benzene rings is 1. The Morgan fingerprint density at radius 1 is 1.50 bits per heavy atom. The molecule has 0 aliphatic carbocycles. The minimum Gasteiger partial charge on any atom is -0.435 e. The van der Waals surface area contributed by atoms with Crippen LogP contribution in [0.1, 0.15) is 11.1 Å². The predicted octanol–water partition coefficient (Wildman–Crippen LogP) is 3.12. The van der Waals surface area contributed by atoms with Gasteiger partial charge in [-0.1, -0.05) is 11.6 Å². The van der Waals surface area contributed by atoms with Crippen LogP contribution in [0, 0.1) is 18.3 Å². The molecule has 0 saturated carbocycles. The zero-order valence-electron chi connectivity index (χ0n) is 7.22. The minimum absolute atomic E-state index is 0.0102. The number of aryl methyl sites for hydroxylation is 1. The first-order valence-corrected chi connectivity index (χ1v) is 4.07. The van der Waals surface area contributed by atoms with Crippen molar-refractivity contribution in [1.29, 1.82) is 5.26 Å². The van der Waals surface area contributed by atoms with Gasteiger partial charge in [0.25, 0.3) is 0 Å². The Hall–Kier alpha value is -1.34. The quantitative estimate of drug-likeness (QED) is 0.763. The number of hydrogen-bond acceptors (Lipinski definition) is 2. The van der Waals surface area contributed by atoms with E-state index in [9.17, 15) is 8.78 Å². The molecule has 0 aliphatic heterocycles. The fourth-order valence-electron chi connectivity index (χ4n) is 0.972. The van der Waals surface area contributed by atoms with E-state index in [2.05, 4.69) is 4.74 Å². The second-order valence-electron chi connectivity index (χ2n) is 2.59. The van der Waals surface area contributed by atoms with Gasteiger partial charge in [0.2, 0.25) is 0 Å². The van der Waals surface area contributed by atoms with Crippen LogP contribution in [0.25, 0.3) is 0 Å². The standard InChI is InChI=1S/C9H6ClF2NO/c1-5-2-6(4-13)7(10)3-8(5)14-9(11)12/h2-3,9H,1H3. The maximum atomic E-state index is 11.9. The van der Waals surface area contributed by atoms with E-state index < -0.39 is 6.61 Å². The van der Waals surface area contributed by atoms with E-state index in [-0.39, 0.29) is 16.3 Å². The molecule has 0 bridgehead atoms. The normalized spacial score (nSPS) is 10.0. The van der Waals surface area contributed by atoms with E-state index in [4.69, 9.17) is 16.9 Å². The summed E-state index contributed by atoms with van der Waals surface area (Å²) in [6.07, 6.45) is 0. The van der Waals surface area contributed by atoms with Crippen LogP contribution >= 0.6 is 11.6 Å². The summed E-state index contributed by atoms with van der Waals surface area (Å²) in [6, 6.07) is 4.45. The molecule has 5 heteroatoms. The Morgan fingerprint density at radius 2 is 2.14 bits per heavy atom. The lowest BCUT2D eigenvalue weighted by Gasteiger charge is -2.08. The molecule has 2 nitrogen and oxygen atoms in total. The fourth-order valence-corrected chi connectivity index (χ4v) is 1.17. The van der Waals surface area contributed by atoms with Crippen molar-refractivity contribution >= 4 is 11.6 Å². The highest BCUT2D eigenvalue weighted by Gasteiger charge is 2.10. The highest BCUT2D eigenvalue weighted by atomic mass is 35.5. The Kier molecular flexibility index (Phi) is 3.26. The number of halogens is 3. The average Bonchev–Trinajstić information content (AvgIpc) is 2.10. The van der Waals surface area contributed by atoms with Crippen LogP contribution in [0.3, 0.4) is 0 Å². The number of rotatable bonds is 2. The molecule has 1 aromatic rings. The van der Waals surface area contributed by atoms with Crippen molar-refractivity contribution in [2.45, 2.75) is 13.5 Å². The van der Waals surface area contributed by atoms with E-state index in [0.717, 1.165) is 0 Å². The molecular formula is C9H6ClF2NO. The van der Waals surface area contributed by atoms with Crippen LogP contribution in [-0.4, -0.2) is 6.61 Å². The van der Waals surface area contributed by atoms with Crippen molar-refractivity contribution in [2.24, 2.45) is 0 Å². The van der Waals surface area contributed by atoms with E-state index in [1.165, 1.54) is 12.1 Å². The van der Waals surface area contributed by atoms with Crippen LogP contribution in [0.15, 0.2) is 12.1 Å². The van der Waals surface area contributed by atoms with Crippen LogP contribution in [0.4, 0.5) is 8.78 Å². The molecule has 0 saturated heterocycles. The number of ether oxygens (including phenoxy) is 1. The lowest BCUT2D eigenvalue weighted by Crippen LogP contribution is -2.03. The number of nitrogens with zero attached hydrogens (tertiary/aromatic N) is 1. The summed E-state index contributed by atoms with van der Waals surface area (Å²) in [4.78, 5) is 0. The molecule has 1 rings (SSSR count). The van der Waals surface area contributed by atoms with Gasteiger partial charge in [-0.25, -0.2) is 0 Å². The minimum atomic E-state index is -2.89. The summed E-state index contributed by atoms with van der Waals surface area (Å²) in [7, 11) is 0. The second-order valence-corrected chi connectivity index (χ2v) is 3.00. The molecule has 0 atom stereocenters. The first kappa shape index (κ1) is 10.7. The van der Waals surface area contributed by atoms with Crippen molar-refractivity contribution in [3.63, 3.8) is 0 Å². The highest BCUT2D eigenvalue weighted by Crippen LogP contribution is 2.27. The van der Waals surface area contributed by atoms with Crippen molar-refractivity contribution in [3.05, 3.63) is 28.3 Å². The Bertz CT molecular complexity index is 387. The van der Waals surface area contributed by atoms with Crippen molar-refractivity contribution in [1.82, 2.24) is 0 Å². The Balaban J connectivity index is 3.10. The largest absolute Gasteiger partial charge is 0.435 e. The van der Waals surface area contributed by atoms with Gasteiger partial charge < -0.3 is 4.74 Å². The molecular weight excluding hydrogens is 212 g/mol. The van der Waals surface area contributed by atoms with Gasteiger partial charge in [-0.05, 0) is 18.6 Å². The third kappa shape index (κ3) is 2.33. The summed E-state index contributed by atoms with van der Waals surface area (Å²) in [5, 5.41) is 8.70. The average molecular weight is 218 g/mol. The maximum Gasteiger partial charge on any atom is 0.387 e. The first-order chi connectivity index (χ1) is 6.54. The van der Waals surface area contributed by atoms with E-state index in [1.807, 2.05) is 6.07 Å². The molecule has 0 fully saturated rings. The van der Waals surface area contributed by atoms with Gasteiger partial charge in [-0.15, -0.1) is 0 Å². The molecule has 0 amide bonds. The van der Waals surface area contributed by atoms with Crippen LogP contribution in [0.2, 0.25) is 5.02 Å². The molecule has 0 N–H and O–H groups in total. The van der Waals surface area contributed by atoms with Crippen LogP contribution in [0.5, 0.6) is 5.75 Å². The number of alkyl halides is 2. The van der Waals surface area contributed by atoms with E-state index in [1.54, 1.807) is 6.92 Å². The van der Waals surface area contributed by atoms with Gasteiger partial charge >= 0.3 is 6.61 Å². The molecule has 0 aliphatic rings. The molecule has 0 aromatic heterocycles. The van der Waals surface area contributed by atoms with Gasteiger partial charge in [-0.2, -0.15) is 14.0 Å². The molecule has 0 unspecified atom stereocenters. The van der Waals surface area contributed by atoms with Crippen LogP contribution in [-0.2, 0) is 0 Å². The summed E-state index contributed by atoms with van der Waals surface area (Å²) >= 11 is 5.64. The zero-order chi connectivity index (χ0) is 10.7. The Labute approximate surface area is 84.7 Å². The molecule has 14 heavy (non-hydrogen) atoms. The predicted molar refractivity (Wildman–Crippen MR) is 47.5 cm³/mol. The summed E-state index contributed by atoms with van der Waals surface area (Å²) < 4.78 is 28.0.